The van der Waals surface area contributed by atoms with Crippen molar-refractivity contribution >= 4 is 66.5 Å². The first-order valence-corrected chi connectivity index (χ1v) is 16.5. The first-order valence-electron chi connectivity index (χ1n) is 14.9. The zero-order valence-electron chi connectivity index (χ0n) is 24.5. The molecule has 0 spiro atoms. The fourth-order valence-corrected chi connectivity index (χ4v) is 8.85. The van der Waals surface area contributed by atoms with Gasteiger partial charge in [-0.05, 0) is 44.0 Å². The number of hydrogen-bond acceptors (Lipinski definition) is 11. The lowest BCUT2D eigenvalue weighted by Gasteiger charge is -2.34. The molecular weight excluding hydrogens is 636 g/mol. The summed E-state index contributed by atoms with van der Waals surface area (Å²) in [5.41, 5.74) is 8.91. The van der Waals surface area contributed by atoms with Gasteiger partial charge in [-0.25, -0.2) is 9.37 Å². The fraction of sp³-hybridized carbons (Fsp3) is 0.452. The second kappa shape index (κ2) is 11.7. The summed E-state index contributed by atoms with van der Waals surface area (Å²) in [6.07, 6.45) is 1.72. The van der Waals surface area contributed by atoms with Gasteiger partial charge in [0.05, 0.1) is 28.6 Å². The van der Waals surface area contributed by atoms with Gasteiger partial charge in [-0.15, -0.1) is 11.3 Å². The smallest absolute Gasteiger partial charge is 0.319 e. The van der Waals surface area contributed by atoms with E-state index in [0.29, 0.717) is 98.7 Å². The van der Waals surface area contributed by atoms with Crippen LogP contribution in [0.2, 0.25) is 10.0 Å². The number of nitrogens with two attached hydrogens (primary N) is 1. The number of aryl methyl sites for hydroxylation is 1. The molecule has 4 aromatic rings. The molecule has 45 heavy (non-hydrogen) atoms. The van der Waals surface area contributed by atoms with Gasteiger partial charge in [0.15, 0.2) is 5.82 Å². The minimum Gasteiger partial charge on any atom is -0.461 e. The van der Waals surface area contributed by atoms with Crippen molar-refractivity contribution in [1.29, 1.82) is 10.5 Å². The van der Waals surface area contributed by atoms with Crippen LogP contribution < -0.4 is 20.7 Å². The quantitative estimate of drug-likeness (QED) is 0.266. The molecule has 232 valence electrons. The Morgan fingerprint density at radius 3 is 2.84 bits per heavy atom. The number of halogens is 3. The molecule has 3 saturated heterocycles. The van der Waals surface area contributed by atoms with Gasteiger partial charge in [0, 0.05) is 65.0 Å². The molecule has 3 aromatic heterocycles. The Labute approximate surface area is 273 Å². The second-order valence-electron chi connectivity index (χ2n) is 12.0. The van der Waals surface area contributed by atoms with E-state index >= 15 is 0 Å². The molecule has 6 heterocycles. The van der Waals surface area contributed by atoms with Crippen LogP contribution in [-0.4, -0.2) is 76.9 Å². The largest absolute Gasteiger partial charge is 0.461 e. The molecule has 3 aliphatic rings. The number of alkyl halides is 1. The number of pyridine rings is 1. The maximum atomic E-state index is 14.5. The summed E-state index contributed by atoms with van der Waals surface area (Å²) < 4.78 is 21.6. The third-order valence-electron chi connectivity index (χ3n) is 9.20. The van der Waals surface area contributed by atoms with E-state index in [9.17, 15) is 14.9 Å². The summed E-state index contributed by atoms with van der Waals surface area (Å²) >= 11 is 15.1. The number of fused-ring (bicyclic) bond motifs is 3. The van der Waals surface area contributed by atoms with Gasteiger partial charge < -0.3 is 20.7 Å². The summed E-state index contributed by atoms with van der Waals surface area (Å²) in [4.78, 5) is 18.9. The number of nitrogen functional groups attached to an aromatic ring is 1. The van der Waals surface area contributed by atoms with Crippen LogP contribution in [0, 0.1) is 29.6 Å². The van der Waals surface area contributed by atoms with E-state index in [1.165, 1.54) is 11.3 Å². The Morgan fingerprint density at radius 2 is 2.04 bits per heavy atom. The fourth-order valence-electron chi connectivity index (χ4n) is 7.21. The maximum absolute atomic E-state index is 14.5. The lowest BCUT2D eigenvalue weighted by Crippen LogP contribution is -2.51. The van der Waals surface area contributed by atoms with Crippen LogP contribution in [0.1, 0.15) is 36.9 Å². The molecule has 0 saturated carbocycles. The van der Waals surface area contributed by atoms with Crippen LogP contribution in [0.25, 0.3) is 32.2 Å². The minimum absolute atomic E-state index is 0.0481. The van der Waals surface area contributed by atoms with Crippen LogP contribution in [-0.2, 0) is 0 Å². The van der Waals surface area contributed by atoms with Crippen molar-refractivity contribution in [3.63, 3.8) is 0 Å². The maximum Gasteiger partial charge on any atom is 0.319 e. The summed E-state index contributed by atoms with van der Waals surface area (Å²) in [5, 5.41) is 24.5. The van der Waals surface area contributed by atoms with Crippen molar-refractivity contribution in [2.75, 3.05) is 50.0 Å². The van der Waals surface area contributed by atoms with Gasteiger partial charge in [0.1, 0.15) is 34.9 Å². The summed E-state index contributed by atoms with van der Waals surface area (Å²) in [6.45, 7) is 5.19. The Balaban J connectivity index is 1.39. The Morgan fingerprint density at radius 1 is 1.20 bits per heavy atom. The molecule has 0 amide bonds. The van der Waals surface area contributed by atoms with Gasteiger partial charge in [-0.1, -0.05) is 23.2 Å². The third-order valence-corrected chi connectivity index (χ3v) is 10.8. The van der Waals surface area contributed by atoms with Crippen molar-refractivity contribution in [1.82, 2.24) is 25.2 Å². The number of aromatic nitrogens is 3. The van der Waals surface area contributed by atoms with Crippen molar-refractivity contribution in [3.05, 3.63) is 33.4 Å². The molecular formula is C31H30Cl2FN9OS. The number of rotatable bonds is 6. The molecule has 0 bridgehead atoms. The number of benzene rings is 1. The summed E-state index contributed by atoms with van der Waals surface area (Å²) in [7, 11) is 0. The normalized spacial score (nSPS) is 23.4. The third kappa shape index (κ3) is 5.19. The van der Waals surface area contributed by atoms with E-state index < -0.39 is 6.17 Å². The molecule has 0 radical (unpaired) electrons. The lowest BCUT2D eigenvalue weighted by molar-refractivity contribution is 0.107. The van der Waals surface area contributed by atoms with Gasteiger partial charge in [0.25, 0.3) is 0 Å². The van der Waals surface area contributed by atoms with Gasteiger partial charge in [-0.2, -0.15) is 20.5 Å². The van der Waals surface area contributed by atoms with Crippen molar-refractivity contribution in [3.8, 4) is 29.3 Å². The van der Waals surface area contributed by atoms with Gasteiger partial charge in [0.2, 0.25) is 0 Å². The Kier molecular flexibility index (Phi) is 7.83. The highest BCUT2D eigenvalue weighted by Gasteiger charge is 2.49. The second-order valence-corrected chi connectivity index (χ2v) is 13.9. The molecule has 10 nitrogen and oxygen atoms in total. The standard InChI is InChI=1S/C31H30Cl2FN9OS/c1-16-23(20-9-17(32)10-22-24(20)21(12-36)28(37)45-22)25(33)26-27(39-16)29(42-8-6-38-19(14-42)3-5-35)41-30(40-26)44-15-31-4-2-7-43(31)13-18(34)11-31/h9-10,18-19,38H,2-4,6-8,11,13-15,37H2,1H3/t18-,19+,31+/m1/s1. The zero-order valence-corrected chi connectivity index (χ0v) is 26.9. The number of nitriles is 2. The van der Waals surface area contributed by atoms with Crippen LogP contribution in [0.4, 0.5) is 15.2 Å². The van der Waals surface area contributed by atoms with Crippen LogP contribution >= 0.6 is 34.5 Å². The lowest BCUT2D eigenvalue weighted by atomic mass is 9.95. The summed E-state index contributed by atoms with van der Waals surface area (Å²) in [5.74, 6) is 0.556. The number of piperazine rings is 1. The van der Waals surface area contributed by atoms with Crippen LogP contribution in [0.15, 0.2) is 12.1 Å². The molecule has 3 fully saturated rings. The highest BCUT2D eigenvalue weighted by Crippen LogP contribution is 2.46. The molecule has 7 rings (SSSR count). The molecule has 0 aliphatic carbocycles. The van der Waals surface area contributed by atoms with Gasteiger partial charge in [-0.3, -0.25) is 4.90 Å². The number of hydrogen-bond donors (Lipinski definition) is 2. The van der Waals surface area contributed by atoms with Crippen LogP contribution in [0.3, 0.4) is 0 Å². The molecule has 1 aromatic carbocycles. The molecule has 3 atom stereocenters. The SMILES string of the molecule is Cc1nc2c(N3CCN[C@@H](CC#N)C3)nc(OC[C@@]34CCCN3C[C@H](F)C4)nc2c(Cl)c1-c1cc(Cl)cc2sc(N)c(C#N)c12. The molecule has 14 heteroatoms. The average Bonchev–Trinajstić information content (AvgIpc) is 3.64. The van der Waals surface area contributed by atoms with E-state index in [1.54, 1.807) is 12.1 Å². The van der Waals surface area contributed by atoms with E-state index in [4.69, 9.17) is 48.6 Å². The van der Waals surface area contributed by atoms with E-state index in [2.05, 4.69) is 27.3 Å². The first-order chi connectivity index (χ1) is 21.7. The number of thiophene rings is 1. The Hall–Kier alpha value is -3.52. The van der Waals surface area contributed by atoms with E-state index in [-0.39, 0.29) is 24.2 Å². The number of nitrogens with zero attached hydrogens (tertiary/aromatic N) is 7. The van der Waals surface area contributed by atoms with Crippen LogP contribution in [0.5, 0.6) is 6.01 Å². The predicted octanol–water partition coefficient (Wildman–Crippen LogP) is 5.62. The van der Waals surface area contributed by atoms with Gasteiger partial charge >= 0.3 is 6.01 Å². The monoisotopic (exact) mass is 665 g/mol. The summed E-state index contributed by atoms with van der Waals surface area (Å²) in [6, 6.07) is 8.11. The molecule has 3 N–H and O–H groups in total. The number of nitrogens with one attached hydrogen (secondary N) is 1. The van der Waals surface area contributed by atoms with E-state index in [1.807, 2.05) is 6.92 Å². The van der Waals surface area contributed by atoms with Crippen molar-refractivity contribution in [2.45, 2.75) is 50.4 Å². The number of ether oxygens (including phenoxy) is 1. The predicted molar refractivity (Wildman–Crippen MR) is 175 cm³/mol. The van der Waals surface area contributed by atoms with Crippen molar-refractivity contribution in [2.24, 2.45) is 0 Å². The molecule has 3 aliphatic heterocycles. The molecule has 0 unspecified atom stereocenters. The highest BCUT2D eigenvalue weighted by molar-refractivity contribution is 7.23. The highest BCUT2D eigenvalue weighted by atomic mass is 35.5. The Bertz CT molecular complexity index is 1920. The minimum atomic E-state index is -0.886. The zero-order chi connectivity index (χ0) is 31.5. The van der Waals surface area contributed by atoms with E-state index in [0.717, 1.165) is 24.1 Å². The number of anilines is 2. The first kappa shape index (κ1) is 30.2. The average molecular weight is 667 g/mol. The van der Waals surface area contributed by atoms with Crippen molar-refractivity contribution < 1.29 is 9.13 Å². The topological polar surface area (TPSA) is 140 Å².